The predicted octanol–water partition coefficient (Wildman–Crippen LogP) is 7.05. The molecule has 4 rings (SSSR count). The molecule has 0 saturated heterocycles. The Labute approximate surface area is 275 Å². The number of benzene rings is 4. The first-order chi connectivity index (χ1) is 21.5. The predicted molar refractivity (Wildman–Crippen MR) is 181 cm³/mol. The number of carbonyl (C=O) groups excluding carboxylic acids is 2. The number of hydrogen-bond acceptors (Lipinski definition) is 4. The lowest BCUT2D eigenvalue weighted by atomic mass is 10.0. The van der Waals surface area contributed by atoms with E-state index in [1.807, 2.05) is 57.2 Å². The molecule has 0 spiro atoms. The van der Waals surface area contributed by atoms with E-state index in [0.29, 0.717) is 22.0 Å². The van der Waals surface area contributed by atoms with Crippen LogP contribution >= 0.6 is 23.2 Å². The van der Waals surface area contributed by atoms with Gasteiger partial charge in [-0.3, -0.25) is 13.9 Å². The third kappa shape index (κ3) is 9.10. The van der Waals surface area contributed by atoms with Crippen molar-refractivity contribution >= 4 is 50.7 Å². The van der Waals surface area contributed by atoms with E-state index >= 15 is 0 Å². The van der Waals surface area contributed by atoms with Crippen molar-refractivity contribution < 1.29 is 18.0 Å². The van der Waals surface area contributed by atoms with E-state index < -0.39 is 28.5 Å². The van der Waals surface area contributed by atoms with Crippen LogP contribution in [0.4, 0.5) is 5.69 Å². The molecule has 0 aliphatic heterocycles. The molecule has 236 valence electrons. The molecule has 45 heavy (non-hydrogen) atoms. The first-order valence-electron chi connectivity index (χ1n) is 14.7. The molecule has 2 amide bonds. The first-order valence-corrected chi connectivity index (χ1v) is 16.9. The average Bonchev–Trinajstić information content (AvgIpc) is 3.02. The van der Waals surface area contributed by atoms with Gasteiger partial charge in [0.15, 0.2) is 0 Å². The maximum absolute atomic E-state index is 14.5. The van der Waals surface area contributed by atoms with Gasteiger partial charge in [0.1, 0.15) is 12.6 Å². The lowest BCUT2D eigenvalue weighted by Gasteiger charge is -2.34. The summed E-state index contributed by atoms with van der Waals surface area (Å²) in [5, 5.41) is 3.82. The van der Waals surface area contributed by atoms with E-state index in [1.165, 1.54) is 23.1 Å². The number of rotatable bonds is 13. The van der Waals surface area contributed by atoms with Crippen molar-refractivity contribution in [3.05, 3.63) is 130 Å². The number of amides is 2. The fourth-order valence-electron chi connectivity index (χ4n) is 4.82. The molecule has 0 bridgehead atoms. The Morgan fingerprint density at radius 3 is 2.07 bits per heavy atom. The van der Waals surface area contributed by atoms with Gasteiger partial charge in [-0.25, -0.2) is 8.42 Å². The van der Waals surface area contributed by atoms with Crippen LogP contribution in [0.5, 0.6) is 0 Å². The summed E-state index contributed by atoms with van der Waals surface area (Å²) in [7, 11) is -4.22. The highest BCUT2D eigenvalue weighted by Crippen LogP contribution is 2.27. The average molecular weight is 667 g/mol. The Kier molecular flexibility index (Phi) is 11.7. The third-order valence-corrected chi connectivity index (χ3v) is 9.76. The molecule has 7 nitrogen and oxygen atoms in total. The van der Waals surface area contributed by atoms with Crippen LogP contribution in [0.2, 0.25) is 10.0 Å². The normalized spacial score (nSPS) is 12.6. The quantitative estimate of drug-likeness (QED) is 0.166. The summed E-state index contributed by atoms with van der Waals surface area (Å²) in [6, 6.07) is 28.1. The molecular formula is C35H37Cl2N3O4S. The second kappa shape index (κ2) is 15.4. The Balaban J connectivity index is 1.81. The highest BCUT2D eigenvalue weighted by Gasteiger charge is 2.35. The molecule has 1 N–H and O–H groups in total. The summed E-state index contributed by atoms with van der Waals surface area (Å²) in [6.07, 6.45) is 0.917. The summed E-state index contributed by atoms with van der Waals surface area (Å²) in [5.41, 5.74) is 2.66. The van der Waals surface area contributed by atoms with Crippen molar-refractivity contribution in [3.63, 3.8) is 0 Å². The van der Waals surface area contributed by atoms with Crippen LogP contribution in [-0.2, 0) is 32.6 Å². The zero-order valence-corrected chi connectivity index (χ0v) is 27.8. The van der Waals surface area contributed by atoms with Gasteiger partial charge in [-0.05, 0) is 73.9 Å². The summed E-state index contributed by atoms with van der Waals surface area (Å²) >= 11 is 12.6. The van der Waals surface area contributed by atoms with Crippen LogP contribution in [0.25, 0.3) is 0 Å². The third-order valence-electron chi connectivity index (χ3n) is 7.50. The van der Waals surface area contributed by atoms with Gasteiger partial charge < -0.3 is 10.2 Å². The molecule has 0 aliphatic rings. The van der Waals surface area contributed by atoms with Crippen molar-refractivity contribution in [2.75, 3.05) is 10.8 Å². The molecule has 0 aromatic heterocycles. The van der Waals surface area contributed by atoms with Crippen LogP contribution < -0.4 is 9.62 Å². The Bertz CT molecular complexity index is 1720. The van der Waals surface area contributed by atoms with Crippen LogP contribution in [0.15, 0.2) is 108 Å². The van der Waals surface area contributed by atoms with Crippen LogP contribution in [0.1, 0.15) is 37.0 Å². The van der Waals surface area contributed by atoms with Gasteiger partial charge in [-0.1, -0.05) is 96.4 Å². The van der Waals surface area contributed by atoms with Gasteiger partial charge in [0, 0.05) is 29.1 Å². The standard InChI is InChI=1S/C35H37Cl2N3O4S/c1-4-26(3)38-35(42)33(21-27-10-6-5-7-11-27)39(23-28-12-8-13-29(36)20-28)34(41)24-40(31-15-9-14-30(37)22-31)45(43,44)32-18-16-25(2)17-19-32/h5-20,22,26,33H,4,21,23-24H2,1-3H3,(H,38,42)/t26-,33+/m0/s1. The maximum Gasteiger partial charge on any atom is 0.264 e. The second-order valence-electron chi connectivity index (χ2n) is 11.0. The van der Waals surface area contributed by atoms with Crippen molar-refractivity contribution in [2.45, 2.75) is 57.1 Å². The molecule has 0 heterocycles. The number of carbonyl (C=O) groups is 2. The van der Waals surface area contributed by atoms with E-state index in [2.05, 4.69) is 5.32 Å². The summed E-state index contributed by atoms with van der Waals surface area (Å²) in [6.45, 7) is 5.18. The fraction of sp³-hybridized carbons (Fsp3) is 0.257. The SMILES string of the molecule is CC[C@H](C)NC(=O)[C@@H](Cc1ccccc1)N(Cc1cccc(Cl)c1)C(=O)CN(c1cccc(Cl)c1)S(=O)(=O)c1ccc(C)cc1. The number of anilines is 1. The highest BCUT2D eigenvalue weighted by molar-refractivity contribution is 7.92. The number of nitrogens with one attached hydrogen (secondary N) is 1. The van der Waals surface area contributed by atoms with E-state index in [1.54, 1.807) is 48.5 Å². The lowest BCUT2D eigenvalue weighted by molar-refractivity contribution is -0.140. The van der Waals surface area contributed by atoms with Crippen molar-refractivity contribution in [1.82, 2.24) is 10.2 Å². The van der Waals surface area contributed by atoms with E-state index in [4.69, 9.17) is 23.2 Å². The molecule has 0 fully saturated rings. The van der Waals surface area contributed by atoms with E-state index in [-0.39, 0.29) is 35.5 Å². The topological polar surface area (TPSA) is 86.8 Å². The minimum absolute atomic E-state index is 0.0256. The first kappa shape index (κ1) is 34.0. The smallest absolute Gasteiger partial charge is 0.264 e. The molecule has 10 heteroatoms. The monoisotopic (exact) mass is 665 g/mol. The number of nitrogens with zero attached hydrogens (tertiary/aromatic N) is 2. The largest absolute Gasteiger partial charge is 0.352 e. The zero-order chi connectivity index (χ0) is 32.6. The molecule has 0 radical (unpaired) electrons. The maximum atomic E-state index is 14.5. The Morgan fingerprint density at radius 1 is 0.822 bits per heavy atom. The summed E-state index contributed by atoms with van der Waals surface area (Å²) < 4.78 is 29.3. The number of halogens is 2. The number of aryl methyl sites for hydroxylation is 1. The molecule has 4 aromatic rings. The summed E-state index contributed by atoms with van der Waals surface area (Å²) in [4.78, 5) is 29.9. The van der Waals surface area contributed by atoms with Crippen LogP contribution in [0.3, 0.4) is 0 Å². The van der Waals surface area contributed by atoms with Gasteiger partial charge in [0.2, 0.25) is 11.8 Å². The molecule has 4 aromatic carbocycles. The molecule has 0 aliphatic carbocycles. The second-order valence-corrected chi connectivity index (χ2v) is 13.7. The highest BCUT2D eigenvalue weighted by atomic mass is 35.5. The molecular weight excluding hydrogens is 629 g/mol. The van der Waals surface area contributed by atoms with E-state index in [9.17, 15) is 18.0 Å². The number of sulfonamides is 1. The number of hydrogen-bond donors (Lipinski definition) is 1. The fourth-order valence-corrected chi connectivity index (χ4v) is 6.63. The molecule has 0 unspecified atom stereocenters. The molecule has 2 atom stereocenters. The summed E-state index contributed by atoms with van der Waals surface area (Å²) in [5.74, 6) is -0.898. The minimum Gasteiger partial charge on any atom is -0.352 e. The van der Waals surface area contributed by atoms with E-state index in [0.717, 1.165) is 15.4 Å². The van der Waals surface area contributed by atoms with Gasteiger partial charge in [-0.15, -0.1) is 0 Å². The van der Waals surface area contributed by atoms with Gasteiger partial charge >= 0.3 is 0 Å². The van der Waals surface area contributed by atoms with Gasteiger partial charge in [0.25, 0.3) is 10.0 Å². The Hall–Kier alpha value is -3.85. The minimum atomic E-state index is -4.22. The van der Waals surface area contributed by atoms with Gasteiger partial charge in [-0.2, -0.15) is 0 Å². The van der Waals surface area contributed by atoms with Crippen molar-refractivity contribution in [3.8, 4) is 0 Å². The Morgan fingerprint density at radius 2 is 1.44 bits per heavy atom. The zero-order valence-electron chi connectivity index (χ0n) is 25.5. The molecule has 0 saturated carbocycles. The van der Waals surface area contributed by atoms with Crippen LogP contribution in [-0.4, -0.2) is 43.8 Å². The van der Waals surface area contributed by atoms with Gasteiger partial charge in [0.05, 0.1) is 10.6 Å². The lowest BCUT2D eigenvalue weighted by Crippen LogP contribution is -2.54. The van der Waals surface area contributed by atoms with Crippen molar-refractivity contribution in [2.24, 2.45) is 0 Å². The van der Waals surface area contributed by atoms with Crippen LogP contribution in [0, 0.1) is 6.92 Å². The van der Waals surface area contributed by atoms with Crippen molar-refractivity contribution in [1.29, 1.82) is 0 Å².